The van der Waals surface area contributed by atoms with Gasteiger partial charge in [-0.1, -0.05) is 36.8 Å². The van der Waals surface area contributed by atoms with Gasteiger partial charge in [0, 0.05) is 6.54 Å². The lowest BCUT2D eigenvalue weighted by atomic mass is 9.97. The van der Waals surface area contributed by atoms with Crippen molar-refractivity contribution in [2.24, 2.45) is 10.7 Å². The zero-order chi connectivity index (χ0) is 23.0. The highest BCUT2D eigenvalue weighted by molar-refractivity contribution is 5.81. The maximum Gasteiger partial charge on any atom is 0.416 e. The predicted octanol–water partition coefficient (Wildman–Crippen LogP) is 5.65. The van der Waals surface area contributed by atoms with Gasteiger partial charge in [-0.3, -0.25) is 0 Å². The van der Waals surface area contributed by atoms with E-state index in [1.807, 2.05) is 32.1 Å². The molecule has 0 unspecified atom stereocenters. The van der Waals surface area contributed by atoms with E-state index in [1.54, 1.807) is 19.1 Å². The van der Waals surface area contributed by atoms with E-state index >= 15 is 0 Å². The quantitative estimate of drug-likeness (QED) is 0.288. The van der Waals surface area contributed by atoms with E-state index in [1.165, 1.54) is 12.1 Å². The molecule has 0 bridgehead atoms. The highest BCUT2D eigenvalue weighted by Gasteiger charge is 2.30. The molecular weight excluding hydrogens is 403 g/mol. The first-order chi connectivity index (χ1) is 14.6. The van der Waals surface area contributed by atoms with Crippen molar-refractivity contribution in [3.05, 3.63) is 82.7 Å². The van der Waals surface area contributed by atoms with Gasteiger partial charge in [-0.2, -0.15) is 13.2 Å². The molecule has 0 aliphatic rings. The molecule has 166 valence electrons. The number of aliphatic imine (C=N–C) groups is 1. The van der Waals surface area contributed by atoms with E-state index in [4.69, 9.17) is 5.73 Å². The average molecular weight is 432 g/mol. The second kappa shape index (κ2) is 10.7. The van der Waals surface area contributed by atoms with E-state index in [0.29, 0.717) is 30.2 Å². The molecule has 0 heterocycles. The molecule has 0 spiro atoms. The Morgan fingerprint density at radius 3 is 2.19 bits per heavy atom. The summed E-state index contributed by atoms with van der Waals surface area (Å²) in [6.07, 6.45) is -1.13. The lowest BCUT2D eigenvalue weighted by molar-refractivity contribution is -0.137. The molecule has 0 aliphatic carbocycles. The maximum absolute atomic E-state index is 12.9. The molecule has 0 aromatic heterocycles. The normalized spacial score (nSPS) is 13.7. The molecule has 0 radical (unpaired) electrons. The molecule has 0 saturated carbocycles. The number of rotatable bonds is 8. The SMILES string of the molecule is CC/C(C)=C(/C=C(\N=C(/C)N)NCCc1ccc(O)cc1)c1ccc(C(F)(F)F)cc1. The predicted molar refractivity (Wildman–Crippen MR) is 120 cm³/mol. The van der Waals surface area contributed by atoms with Crippen molar-refractivity contribution in [3.8, 4) is 5.75 Å². The van der Waals surface area contributed by atoms with Gasteiger partial charge in [-0.15, -0.1) is 0 Å². The van der Waals surface area contributed by atoms with Gasteiger partial charge in [0.25, 0.3) is 0 Å². The first kappa shape index (κ1) is 24.1. The van der Waals surface area contributed by atoms with Gasteiger partial charge in [0.2, 0.25) is 0 Å². The number of halogens is 3. The van der Waals surface area contributed by atoms with Crippen molar-refractivity contribution in [2.45, 2.75) is 39.8 Å². The maximum atomic E-state index is 12.9. The molecule has 0 aliphatic heterocycles. The number of benzene rings is 2. The van der Waals surface area contributed by atoms with Crippen LogP contribution in [0.25, 0.3) is 5.57 Å². The Hall–Kier alpha value is -3.22. The highest BCUT2D eigenvalue weighted by Crippen LogP contribution is 2.31. The van der Waals surface area contributed by atoms with E-state index < -0.39 is 11.7 Å². The molecule has 0 fully saturated rings. The number of alkyl halides is 3. The topological polar surface area (TPSA) is 70.6 Å². The van der Waals surface area contributed by atoms with Crippen LogP contribution >= 0.6 is 0 Å². The molecule has 0 saturated heterocycles. The Bertz CT molecular complexity index is 953. The van der Waals surface area contributed by atoms with Crippen molar-refractivity contribution >= 4 is 11.4 Å². The molecule has 4 N–H and O–H groups in total. The summed E-state index contributed by atoms with van der Waals surface area (Å²) in [7, 11) is 0. The number of hydrogen-bond acceptors (Lipinski definition) is 3. The first-order valence-electron chi connectivity index (χ1n) is 10.0. The standard InChI is InChI=1S/C24H28F3N3O/c1-4-16(2)22(19-7-9-20(10-8-19)24(25,26)27)15-23(30-17(3)28)29-14-13-18-5-11-21(31)12-6-18/h5-12,15,29,31H,4,13-14H2,1-3H3,(H2,28,30)/b22-16-,23-15-. The third-order valence-electron chi connectivity index (χ3n) is 4.75. The number of aromatic hydroxyl groups is 1. The zero-order valence-corrected chi connectivity index (χ0v) is 17.9. The van der Waals surface area contributed by atoms with E-state index in [9.17, 15) is 18.3 Å². The third kappa shape index (κ3) is 7.51. The lowest BCUT2D eigenvalue weighted by Crippen LogP contribution is -2.18. The largest absolute Gasteiger partial charge is 0.508 e. The summed E-state index contributed by atoms with van der Waals surface area (Å²) in [5.41, 5.74) is 8.63. The van der Waals surface area contributed by atoms with Crippen LogP contribution in [-0.4, -0.2) is 17.5 Å². The number of allylic oxidation sites excluding steroid dienone is 3. The first-order valence-corrected chi connectivity index (χ1v) is 10.0. The van der Waals surface area contributed by atoms with Crippen LogP contribution in [-0.2, 0) is 12.6 Å². The van der Waals surface area contributed by atoms with Crippen LogP contribution in [0.3, 0.4) is 0 Å². The smallest absolute Gasteiger partial charge is 0.416 e. The molecule has 2 aromatic rings. The Morgan fingerprint density at radius 2 is 1.68 bits per heavy atom. The minimum Gasteiger partial charge on any atom is -0.508 e. The number of amidine groups is 1. The minimum atomic E-state index is -4.38. The number of phenols is 1. The summed E-state index contributed by atoms with van der Waals surface area (Å²) in [5.74, 6) is 1.10. The lowest BCUT2D eigenvalue weighted by Gasteiger charge is -2.13. The number of hydrogen-bond donors (Lipinski definition) is 3. The van der Waals surface area contributed by atoms with Crippen LogP contribution < -0.4 is 11.1 Å². The van der Waals surface area contributed by atoms with Crippen molar-refractivity contribution in [3.63, 3.8) is 0 Å². The highest BCUT2D eigenvalue weighted by atomic mass is 19.4. The Labute approximate surface area is 181 Å². The zero-order valence-electron chi connectivity index (χ0n) is 17.9. The van der Waals surface area contributed by atoms with Gasteiger partial charge in [0.15, 0.2) is 0 Å². The number of phenolic OH excluding ortho intramolecular Hbond substituents is 1. The van der Waals surface area contributed by atoms with Crippen LogP contribution in [0.5, 0.6) is 5.75 Å². The van der Waals surface area contributed by atoms with Gasteiger partial charge >= 0.3 is 6.18 Å². The Balaban J connectivity index is 2.29. The van der Waals surface area contributed by atoms with Crippen molar-refractivity contribution in [2.75, 3.05) is 6.54 Å². The summed E-state index contributed by atoms with van der Waals surface area (Å²) in [5, 5.41) is 12.6. The fraction of sp³-hybridized carbons (Fsp3) is 0.292. The summed E-state index contributed by atoms with van der Waals surface area (Å²) in [6.45, 7) is 6.17. The van der Waals surface area contributed by atoms with Crippen LogP contribution in [0.4, 0.5) is 13.2 Å². The molecular formula is C24H28F3N3O. The Morgan fingerprint density at radius 1 is 1.06 bits per heavy atom. The fourth-order valence-corrected chi connectivity index (χ4v) is 2.93. The molecule has 31 heavy (non-hydrogen) atoms. The molecule has 2 rings (SSSR count). The summed E-state index contributed by atoms with van der Waals surface area (Å²) >= 11 is 0. The van der Waals surface area contributed by atoms with Crippen LogP contribution in [0.2, 0.25) is 0 Å². The third-order valence-corrected chi connectivity index (χ3v) is 4.75. The van der Waals surface area contributed by atoms with E-state index in [0.717, 1.165) is 35.3 Å². The minimum absolute atomic E-state index is 0.210. The molecule has 7 heteroatoms. The van der Waals surface area contributed by atoms with Crippen molar-refractivity contribution in [1.29, 1.82) is 0 Å². The van der Waals surface area contributed by atoms with Gasteiger partial charge in [0.05, 0.1) is 11.4 Å². The van der Waals surface area contributed by atoms with E-state index in [2.05, 4.69) is 10.3 Å². The number of nitrogens with one attached hydrogen (secondary N) is 1. The second-order valence-corrected chi connectivity index (χ2v) is 7.25. The molecule has 0 atom stereocenters. The van der Waals surface area contributed by atoms with Gasteiger partial charge in [-0.05, 0) is 73.7 Å². The summed E-state index contributed by atoms with van der Waals surface area (Å²) in [4.78, 5) is 4.35. The van der Waals surface area contributed by atoms with Gasteiger partial charge in [0.1, 0.15) is 11.6 Å². The van der Waals surface area contributed by atoms with Crippen LogP contribution in [0.1, 0.15) is 43.9 Å². The van der Waals surface area contributed by atoms with Crippen molar-refractivity contribution in [1.82, 2.24) is 5.32 Å². The second-order valence-electron chi connectivity index (χ2n) is 7.25. The van der Waals surface area contributed by atoms with Gasteiger partial charge in [-0.25, -0.2) is 4.99 Å². The molecule has 0 amide bonds. The summed E-state index contributed by atoms with van der Waals surface area (Å²) < 4.78 is 38.8. The van der Waals surface area contributed by atoms with Crippen LogP contribution in [0.15, 0.2) is 71.0 Å². The number of nitrogens with zero attached hydrogens (tertiary/aromatic N) is 1. The average Bonchev–Trinajstić information content (AvgIpc) is 2.71. The molecule has 2 aromatic carbocycles. The Kier molecular flexibility index (Phi) is 8.30. The van der Waals surface area contributed by atoms with Crippen molar-refractivity contribution < 1.29 is 18.3 Å². The monoisotopic (exact) mass is 431 g/mol. The molecule has 4 nitrogen and oxygen atoms in total. The summed E-state index contributed by atoms with van der Waals surface area (Å²) in [6, 6.07) is 12.1. The van der Waals surface area contributed by atoms with Crippen LogP contribution in [0, 0.1) is 0 Å². The van der Waals surface area contributed by atoms with Gasteiger partial charge < -0.3 is 16.2 Å². The number of nitrogens with two attached hydrogens (primary N) is 1. The fourth-order valence-electron chi connectivity index (χ4n) is 2.93. The van der Waals surface area contributed by atoms with E-state index in [-0.39, 0.29) is 5.75 Å².